The van der Waals surface area contributed by atoms with Crippen LogP contribution >= 0.6 is 23.4 Å². The van der Waals surface area contributed by atoms with Crippen molar-refractivity contribution in [2.45, 2.75) is 16.9 Å². The van der Waals surface area contributed by atoms with Crippen LogP contribution in [-0.4, -0.2) is 30.8 Å². The van der Waals surface area contributed by atoms with E-state index >= 15 is 0 Å². The second-order valence-corrected chi connectivity index (χ2v) is 8.01. The van der Waals surface area contributed by atoms with E-state index in [0.717, 1.165) is 16.0 Å². The van der Waals surface area contributed by atoms with Gasteiger partial charge in [-0.1, -0.05) is 84.4 Å². The zero-order valence-electron chi connectivity index (χ0n) is 16.5. The van der Waals surface area contributed by atoms with Gasteiger partial charge in [0.1, 0.15) is 6.04 Å². The summed E-state index contributed by atoms with van der Waals surface area (Å²) in [4.78, 5) is 26.3. The number of methoxy groups -OCH3 is 1. The molecule has 0 saturated carbocycles. The molecule has 0 aliphatic carbocycles. The number of carbonyl (C=O) groups is 2. The lowest BCUT2D eigenvalue weighted by Crippen LogP contribution is -2.46. The van der Waals surface area contributed by atoms with Gasteiger partial charge in [0.05, 0.1) is 17.9 Å². The van der Waals surface area contributed by atoms with E-state index in [9.17, 15) is 9.59 Å². The highest BCUT2D eigenvalue weighted by molar-refractivity contribution is 8.00. The van der Waals surface area contributed by atoms with E-state index in [-0.39, 0.29) is 17.6 Å². The molecule has 3 rings (SSSR count). The Morgan fingerprint density at radius 3 is 1.97 bits per heavy atom. The van der Waals surface area contributed by atoms with Gasteiger partial charge in [-0.05, 0) is 23.3 Å². The monoisotopic (exact) mass is 439 g/mol. The van der Waals surface area contributed by atoms with Gasteiger partial charge >= 0.3 is 5.97 Å². The van der Waals surface area contributed by atoms with Crippen molar-refractivity contribution in [2.75, 3.05) is 12.9 Å². The first-order chi connectivity index (χ1) is 14.6. The third-order valence-corrected chi connectivity index (χ3v) is 6.13. The van der Waals surface area contributed by atoms with Gasteiger partial charge in [-0.25, -0.2) is 4.79 Å². The summed E-state index contributed by atoms with van der Waals surface area (Å²) < 4.78 is 5.04. The number of esters is 1. The van der Waals surface area contributed by atoms with Crippen LogP contribution in [0.4, 0.5) is 0 Å². The van der Waals surface area contributed by atoms with Gasteiger partial charge in [0, 0.05) is 10.8 Å². The number of hydrogen-bond donors (Lipinski definition) is 1. The maximum atomic E-state index is 12.7. The van der Waals surface area contributed by atoms with E-state index in [2.05, 4.69) is 5.32 Å². The van der Waals surface area contributed by atoms with Gasteiger partial charge in [-0.3, -0.25) is 4.79 Å². The van der Waals surface area contributed by atoms with E-state index in [1.165, 1.54) is 18.9 Å². The third-order valence-electron chi connectivity index (χ3n) is 4.62. The van der Waals surface area contributed by atoms with E-state index < -0.39 is 12.0 Å². The molecule has 1 amide bonds. The minimum absolute atomic E-state index is 0.132. The Kier molecular flexibility index (Phi) is 7.94. The Hall–Kier alpha value is -2.76. The number of amides is 1. The Bertz CT molecular complexity index is 943. The van der Waals surface area contributed by atoms with Crippen LogP contribution in [0.5, 0.6) is 0 Å². The molecule has 0 aliphatic heterocycles. The standard InChI is InChI=1S/C24H22ClNO3S/c1-29-24(28)23(26-21(27)16-30-20-15-9-8-14-19(20)25)22(17-10-4-2-5-11-17)18-12-6-3-7-13-18/h2-15,22-23H,16H2,1H3,(H,26,27)/t23-/m0/s1. The Labute approximate surface area is 185 Å². The van der Waals surface area contributed by atoms with Crippen molar-refractivity contribution >= 4 is 35.2 Å². The largest absolute Gasteiger partial charge is 0.467 e. The second-order valence-electron chi connectivity index (χ2n) is 6.59. The van der Waals surface area contributed by atoms with Crippen LogP contribution in [0.25, 0.3) is 0 Å². The number of halogens is 1. The predicted octanol–water partition coefficient (Wildman–Crippen LogP) is 4.92. The number of nitrogens with one attached hydrogen (secondary N) is 1. The molecule has 0 aromatic heterocycles. The van der Waals surface area contributed by atoms with E-state index in [4.69, 9.17) is 16.3 Å². The lowest BCUT2D eigenvalue weighted by Gasteiger charge is -2.27. The summed E-state index contributed by atoms with van der Waals surface area (Å²) in [6.07, 6.45) is 0. The van der Waals surface area contributed by atoms with Crippen LogP contribution in [0.3, 0.4) is 0 Å². The first kappa shape index (κ1) is 21.9. The van der Waals surface area contributed by atoms with Gasteiger partial charge in [0.2, 0.25) is 5.91 Å². The fourth-order valence-electron chi connectivity index (χ4n) is 3.22. The molecule has 1 N–H and O–H groups in total. The fraction of sp³-hybridized carbons (Fsp3) is 0.167. The van der Waals surface area contributed by atoms with E-state index in [1.807, 2.05) is 78.9 Å². The topological polar surface area (TPSA) is 55.4 Å². The molecule has 3 aromatic carbocycles. The van der Waals surface area contributed by atoms with Crippen LogP contribution in [-0.2, 0) is 14.3 Å². The van der Waals surface area contributed by atoms with Crippen molar-refractivity contribution in [2.24, 2.45) is 0 Å². The molecule has 1 atom stereocenters. The minimum Gasteiger partial charge on any atom is -0.467 e. The van der Waals surface area contributed by atoms with Crippen molar-refractivity contribution in [3.63, 3.8) is 0 Å². The molecule has 3 aromatic rings. The van der Waals surface area contributed by atoms with Crippen molar-refractivity contribution < 1.29 is 14.3 Å². The molecule has 4 nitrogen and oxygen atoms in total. The van der Waals surface area contributed by atoms with Crippen molar-refractivity contribution in [3.05, 3.63) is 101 Å². The summed E-state index contributed by atoms with van der Waals surface area (Å²) >= 11 is 7.49. The molecular weight excluding hydrogens is 418 g/mol. The summed E-state index contributed by atoms with van der Waals surface area (Å²) in [5.41, 5.74) is 1.83. The maximum Gasteiger partial charge on any atom is 0.329 e. The molecule has 0 radical (unpaired) electrons. The van der Waals surface area contributed by atoms with Gasteiger partial charge in [0.15, 0.2) is 0 Å². The fourth-order valence-corrected chi connectivity index (χ4v) is 4.27. The number of carbonyl (C=O) groups excluding carboxylic acids is 2. The second kappa shape index (κ2) is 10.9. The van der Waals surface area contributed by atoms with E-state index in [1.54, 1.807) is 6.07 Å². The Morgan fingerprint density at radius 2 is 1.43 bits per heavy atom. The van der Waals surface area contributed by atoms with E-state index in [0.29, 0.717) is 5.02 Å². The molecule has 0 bridgehead atoms. The number of hydrogen-bond acceptors (Lipinski definition) is 4. The van der Waals surface area contributed by atoms with Gasteiger partial charge < -0.3 is 10.1 Å². The molecule has 0 unspecified atom stereocenters. The van der Waals surface area contributed by atoms with Crippen molar-refractivity contribution in [1.29, 1.82) is 0 Å². The third kappa shape index (κ3) is 5.65. The molecule has 154 valence electrons. The SMILES string of the molecule is COC(=O)[C@@H](NC(=O)CSc1ccccc1Cl)C(c1ccccc1)c1ccccc1. The quantitative estimate of drug-likeness (QED) is 0.399. The highest BCUT2D eigenvalue weighted by Crippen LogP contribution is 2.30. The summed E-state index contributed by atoms with van der Waals surface area (Å²) in [7, 11) is 1.33. The number of ether oxygens (including phenoxy) is 1. The van der Waals surface area contributed by atoms with Crippen molar-refractivity contribution in [1.82, 2.24) is 5.32 Å². The molecule has 0 spiro atoms. The number of thioether (sulfide) groups is 1. The minimum atomic E-state index is -0.862. The average molecular weight is 440 g/mol. The highest BCUT2D eigenvalue weighted by Gasteiger charge is 2.33. The summed E-state index contributed by atoms with van der Waals surface area (Å²) in [5.74, 6) is -1.02. The smallest absolute Gasteiger partial charge is 0.329 e. The molecule has 30 heavy (non-hydrogen) atoms. The van der Waals surface area contributed by atoms with Crippen LogP contribution in [0.15, 0.2) is 89.8 Å². The number of benzene rings is 3. The summed E-state index contributed by atoms with van der Waals surface area (Å²) in [6, 6.07) is 25.7. The van der Waals surface area contributed by atoms with Gasteiger partial charge in [-0.15, -0.1) is 11.8 Å². The highest BCUT2D eigenvalue weighted by atomic mass is 35.5. The van der Waals surface area contributed by atoms with Crippen LogP contribution in [0.2, 0.25) is 5.02 Å². The van der Waals surface area contributed by atoms with Gasteiger partial charge in [0.25, 0.3) is 0 Å². The Balaban J connectivity index is 1.84. The summed E-state index contributed by atoms with van der Waals surface area (Å²) in [6.45, 7) is 0. The molecule has 0 saturated heterocycles. The van der Waals surface area contributed by atoms with Gasteiger partial charge in [-0.2, -0.15) is 0 Å². The molecule has 6 heteroatoms. The van der Waals surface area contributed by atoms with Crippen LogP contribution in [0.1, 0.15) is 17.0 Å². The zero-order valence-corrected chi connectivity index (χ0v) is 18.0. The average Bonchev–Trinajstić information content (AvgIpc) is 2.79. The van der Waals surface area contributed by atoms with Crippen LogP contribution < -0.4 is 5.32 Å². The first-order valence-corrected chi connectivity index (χ1v) is 10.8. The zero-order chi connectivity index (χ0) is 21.3. The molecular formula is C24H22ClNO3S. The molecule has 0 heterocycles. The molecule has 0 fully saturated rings. The number of rotatable bonds is 8. The summed E-state index contributed by atoms with van der Waals surface area (Å²) in [5, 5.41) is 3.47. The first-order valence-electron chi connectivity index (χ1n) is 9.44. The lowest BCUT2D eigenvalue weighted by molar-refractivity contribution is -0.145. The van der Waals surface area contributed by atoms with Crippen molar-refractivity contribution in [3.8, 4) is 0 Å². The lowest BCUT2D eigenvalue weighted by atomic mass is 9.85. The maximum absolute atomic E-state index is 12.7. The normalized spacial score (nSPS) is 11.7. The van der Waals surface area contributed by atoms with Crippen LogP contribution in [0, 0.1) is 0 Å². The predicted molar refractivity (Wildman–Crippen MR) is 121 cm³/mol. The molecule has 0 aliphatic rings. The Morgan fingerprint density at radius 1 is 0.900 bits per heavy atom.